The molecule has 20 heavy (non-hydrogen) atoms. The van der Waals surface area contributed by atoms with Gasteiger partial charge in [0.05, 0.1) is 12.5 Å². The van der Waals surface area contributed by atoms with Crippen LogP contribution in [0.1, 0.15) is 25.7 Å². The summed E-state index contributed by atoms with van der Waals surface area (Å²) in [5.74, 6) is 0.0470. The molecule has 0 aliphatic carbocycles. The number of nitriles is 1. The van der Waals surface area contributed by atoms with Crippen LogP contribution in [0.3, 0.4) is 0 Å². The van der Waals surface area contributed by atoms with Gasteiger partial charge in [-0.05, 0) is 37.5 Å². The van der Waals surface area contributed by atoms with Crippen LogP contribution in [0, 0.1) is 11.3 Å². The molecule has 0 spiro atoms. The van der Waals surface area contributed by atoms with Crippen molar-refractivity contribution in [3.8, 4) is 6.07 Å². The molecule has 106 valence electrons. The largest absolute Gasteiger partial charge is 0.369 e. The number of nitrogens with zero attached hydrogens (tertiary/aromatic N) is 2. The standard InChI is InChI=1S/C15H18ClN3O/c16-12-5-4-6-13(9-12)18-14(11-17)10-15(20)19-7-2-1-3-8-19/h4-6,9,14,18H,1-3,7-8,10H2. The van der Waals surface area contributed by atoms with E-state index >= 15 is 0 Å². The van der Waals surface area contributed by atoms with Crippen LogP contribution < -0.4 is 5.32 Å². The second-order valence-corrected chi connectivity index (χ2v) is 5.42. The fraction of sp³-hybridized carbons (Fsp3) is 0.467. The Labute approximate surface area is 124 Å². The summed E-state index contributed by atoms with van der Waals surface area (Å²) in [5, 5.41) is 12.8. The quantitative estimate of drug-likeness (QED) is 0.927. The molecule has 0 bridgehead atoms. The topological polar surface area (TPSA) is 56.1 Å². The van der Waals surface area contributed by atoms with Gasteiger partial charge in [0.25, 0.3) is 0 Å². The van der Waals surface area contributed by atoms with E-state index in [0.29, 0.717) is 5.02 Å². The molecule has 1 unspecified atom stereocenters. The monoisotopic (exact) mass is 291 g/mol. The zero-order valence-electron chi connectivity index (χ0n) is 11.3. The van der Waals surface area contributed by atoms with Gasteiger partial charge in [-0.2, -0.15) is 5.26 Å². The molecule has 1 aromatic rings. The maximum absolute atomic E-state index is 12.1. The van der Waals surface area contributed by atoms with Crippen molar-refractivity contribution >= 4 is 23.2 Å². The van der Waals surface area contributed by atoms with Crippen molar-refractivity contribution in [3.05, 3.63) is 29.3 Å². The molecule has 1 saturated heterocycles. The number of hydrogen-bond acceptors (Lipinski definition) is 3. The molecule has 1 aliphatic rings. The van der Waals surface area contributed by atoms with Crippen molar-refractivity contribution in [3.63, 3.8) is 0 Å². The lowest BCUT2D eigenvalue weighted by Crippen LogP contribution is -2.38. The minimum atomic E-state index is -0.525. The Morgan fingerprint density at radius 2 is 2.15 bits per heavy atom. The van der Waals surface area contributed by atoms with Crippen LogP contribution in [0.15, 0.2) is 24.3 Å². The first kappa shape index (κ1) is 14.7. The summed E-state index contributed by atoms with van der Waals surface area (Å²) >= 11 is 5.90. The van der Waals surface area contributed by atoms with Crippen LogP contribution >= 0.6 is 11.6 Å². The first-order chi connectivity index (χ1) is 9.69. The summed E-state index contributed by atoms with van der Waals surface area (Å²) in [6, 6.07) is 8.78. The van der Waals surface area contributed by atoms with Gasteiger partial charge >= 0.3 is 0 Å². The van der Waals surface area contributed by atoms with Gasteiger partial charge in [-0.15, -0.1) is 0 Å². The fourth-order valence-electron chi connectivity index (χ4n) is 2.36. The van der Waals surface area contributed by atoms with Crippen LogP contribution in [-0.4, -0.2) is 29.9 Å². The average molecular weight is 292 g/mol. The van der Waals surface area contributed by atoms with E-state index in [9.17, 15) is 10.1 Å². The number of carbonyl (C=O) groups excluding carboxylic acids is 1. The number of piperidine rings is 1. The highest BCUT2D eigenvalue weighted by atomic mass is 35.5. The van der Waals surface area contributed by atoms with Crippen LogP contribution in [0.25, 0.3) is 0 Å². The van der Waals surface area contributed by atoms with E-state index in [-0.39, 0.29) is 12.3 Å². The molecule has 1 heterocycles. The third-order valence-corrected chi connectivity index (χ3v) is 3.64. The SMILES string of the molecule is N#CC(CC(=O)N1CCCCC1)Nc1cccc(Cl)c1. The van der Waals surface area contributed by atoms with Crippen molar-refractivity contribution in [2.45, 2.75) is 31.7 Å². The van der Waals surface area contributed by atoms with E-state index in [0.717, 1.165) is 31.6 Å². The number of hydrogen-bond donors (Lipinski definition) is 1. The summed E-state index contributed by atoms with van der Waals surface area (Å²) in [6.45, 7) is 1.63. The second kappa shape index (κ2) is 7.16. The predicted molar refractivity (Wildman–Crippen MR) is 79.5 cm³/mol. The molecule has 1 N–H and O–H groups in total. The molecule has 0 radical (unpaired) electrons. The van der Waals surface area contributed by atoms with Crippen molar-refractivity contribution in [2.75, 3.05) is 18.4 Å². The first-order valence-corrected chi connectivity index (χ1v) is 7.26. The molecule has 1 aromatic carbocycles. The zero-order chi connectivity index (χ0) is 14.4. The van der Waals surface area contributed by atoms with Crippen molar-refractivity contribution in [2.24, 2.45) is 0 Å². The van der Waals surface area contributed by atoms with Crippen LogP contribution in [0.2, 0.25) is 5.02 Å². The van der Waals surface area contributed by atoms with Gasteiger partial charge in [-0.1, -0.05) is 17.7 Å². The number of anilines is 1. The van der Waals surface area contributed by atoms with Gasteiger partial charge in [0.1, 0.15) is 6.04 Å². The third-order valence-electron chi connectivity index (χ3n) is 3.41. The number of likely N-dealkylation sites (tertiary alicyclic amines) is 1. The molecule has 1 aliphatic heterocycles. The molecule has 4 nitrogen and oxygen atoms in total. The lowest BCUT2D eigenvalue weighted by Gasteiger charge is -2.27. The molecule has 0 saturated carbocycles. The van der Waals surface area contributed by atoms with E-state index in [2.05, 4.69) is 11.4 Å². The van der Waals surface area contributed by atoms with E-state index < -0.39 is 6.04 Å². The van der Waals surface area contributed by atoms with Crippen LogP contribution in [-0.2, 0) is 4.79 Å². The minimum absolute atomic E-state index is 0.0470. The average Bonchev–Trinajstić information content (AvgIpc) is 2.47. The van der Waals surface area contributed by atoms with E-state index in [4.69, 9.17) is 11.6 Å². The van der Waals surface area contributed by atoms with Crippen molar-refractivity contribution in [1.82, 2.24) is 4.90 Å². The van der Waals surface area contributed by atoms with Gasteiger partial charge in [-0.25, -0.2) is 0 Å². The van der Waals surface area contributed by atoms with Crippen LogP contribution in [0.5, 0.6) is 0 Å². The molecular weight excluding hydrogens is 274 g/mol. The lowest BCUT2D eigenvalue weighted by molar-refractivity contribution is -0.132. The second-order valence-electron chi connectivity index (χ2n) is 4.98. The Bertz CT molecular complexity index is 506. The minimum Gasteiger partial charge on any atom is -0.369 e. The summed E-state index contributed by atoms with van der Waals surface area (Å²) < 4.78 is 0. The van der Waals surface area contributed by atoms with Crippen LogP contribution in [0.4, 0.5) is 5.69 Å². The smallest absolute Gasteiger partial charge is 0.225 e. The molecule has 1 amide bonds. The molecule has 1 atom stereocenters. The Balaban J connectivity index is 1.92. The van der Waals surface area contributed by atoms with Gasteiger partial charge in [-0.3, -0.25) is 4.79 Å². The van der Waals surface area contributed by atoms with Crippen molar-refractivity contribution < 1.29 is 4.79 Å². The van der Waals surface area contributed by atoms with E-state index in [1.54, 1.807) is 12.1 Å². The lowest BCUT2D eigenvalue weighted by atomic mass is 10.1. The number of benzene rings is 1. The summed E-state index contributed by atoms with van der Waals surface area (Å²) in [4.78, 5) is 14.0. The third kappa shape index (κ3) is 4.14. The number of halogens is 1. The molecule has 2 rings (SSSR count). The summed E-state index contributed by atoms with van der Waals surface area (Å²) in [6.07, 6.45) is 3.50. The number of carbonyl (C=O) groups is 1. The first-order valence-electron chi connectivity index (χ1n) is 6.88. The maximum atomic E-state index is 12.1. The predicted octanol–water partition coefficient (Wildman–Crippen LogP) is 3.05. The van der Waals surface area contributed by atoms with Crippen molar-refractivity contribution in [1.29, 1.82) is 5.26 Å². The number of amides is 1. The Morgan fingerprint density at radius 1 is 1.40 bits per heavy atom. The zero-order valence-corrected chi connectivity index (χ0v) is 12.1. The highest BCUT2D eigenvalue weighted by Crippen LogP contribution is 2.17. The summed E-state index contributed by atoms with van der Waals surface area (Å²) in [7, 11) is 0. The molecule has 1 fully saturated rings. The Morgan fingerprint density at radius 3 is 2.80 bits per heavy atom. The fourth-order valence-corrected chi connectivity index (χ4v) is 2.55. The van der Waals surface area contributed by atoms with Gasteiger partial charge in [0, 0.05) is 23.8 Å². The number of nitrogens with one attached hydrogen (secondary N) is 1. The van der Waals surface area contributed by atoms with Gasteiger partial charge in [0.15, 0.2) is 0 Å². The number of rotatable bonds is 4. The Kier molecular flexibility index (Phi) is 5.25. The van der Waals surface area contributed by atoms with Gasteiger partial charge < -0.3 is 10.2 Å². The highest BCUT2D eigenvalue weighted by Gasteiger charge is 2.20. The molecule has 0 aromatic heterocycles. The maximum Gasteiger partial charge on any atom is 0.225 e. The van der Waals surface area contributed by atoms with E-state index in [1.807, 2.05) is 17.0 Å². The normalized spacial score (nSPS) is 16.3. The highest BCUT2D eigenvalue weighted by molar-refractivity contribution is 6.30. The van der Waals surface area contributed by atoms with E-state index in [1.165, 1.54) is 6.42 Å². The molecular formula is C15H18ClN3O. The Hall–Kier alpha value is -1.73. The summed E-state index contributed by atoms with van der Waals surface area (Å²) in [5.41, 5.74) is 0.760. The van der Waals surface area contributed by atoms with Gasteiger partial charge in [0.2, 0.25) is 5.91 Å². The molecule has 5 heteroatoms.